The Morgan fingerprint density at radius 3 is 2.81 bits per heavy atom. The number of hydrogen-bond acceptors (Lipinski definition) is 3. The Kier molecular flexibility index (Phi) is 3.25. The molecule has 0 bridgehead atoms. The van der Waals surface area contributed by atoms with Crippen LogP contribution in [0.2, 0.25) is 0 Å². The second-order valence-electron chi connectivity index (χ2n) is 4.28. The summed E-state index contributed by atoms with van der Waals surface area (Å²) in [5.41, 5.74) is 2.43. The Labute approximate surface area is 95.8 Å². The van der Waals surface area contributed by atoms with Gasteiger partial charge >= 0.3 is 0 Å². The summed E-state index contributed by atoms with van der Waals surface area (Å²) in [6.07, 6.45) is 0.481. The van der Waals surface area contributed by atoms with Gasteiger partial charge in [0, 0.05) is 6.42 Å². The molecule has 2 rings (SSSR count). The second kappa shape index (κ2) is 4.66. The van der Waals surface area contributed by atoms with Crippen LogP contribution in [0.3, 0.4) is 0 Å². The fourth-order valence-corrected chi connectivity index (χ4v) is 1.80. The van der Waals surface area contributed by atoms with E-state index in [-0.39, 0.29) is 11.9 Å². The highest BCUT2D eigenvalue weighted by molar-refractivity contribution is 5.86. The Morgan fingerprint density at radius 2 is 2.12 bits per heavy atom. The largest absolute Gasteiger partial charge is 0.483 e. The zero-order valence-corrected chi connectivity index (χ0v) is 9.75. The lowest BCUT2D eigenvalue weighted by Crippen LogP contribution is -2.43. The molecule has 1 heterocycles. The third-order valence-electron chi connectivity index (χ3n) is 3.00. The van der Waals surface area contributed by atoms with Gasteiger partial charge in [-0.15, -0.1) is 0 Å². The van der Waals surface area contributed by atoms with Crippen molar-refractivity contribution in [2.24, 2.45) is 0 Å². The van der Waals surface area contributed by atoms with Crippen molar-refractivity contribution in [2.75, 3.05) is 13.1 Å². The van der Waals surface area contributed by atoms with Crippen LogP contribution in [0, 0.1) is 13.8 Å². The van der Waals surface area contributed by atoms with Crippen molar-refractivity contribution in [3.63, 3.8) is 0 Å². The first-order valence-corrected chi connectivity index (χ1v) is 5.64. The van der Waals surface area contributed by atoms with Gasteiger partial charge in [-0.3, -0.25) is 4.79 Å². The first-order valence-electron chi connectivity index (χ1n) is 5.64. The summed E-state index contributed by atoms with van der Waals surface area (Å²) in [6.45, 7) is 5.39. The van der Waals surface area contributed by atoms with E-state index in [9.17, 15) is 4.79 Å². The number of ketones is 1. The molecule has 1 aromatic carbocycles. The molecule has 1 unspecified atom stereocenters. The van der Waals surface area contributed by atoms with Gasteiger partial charge in [-0.25, -0.2) is 0 Å². The average molecular weight is 219 g/mol. The van der Waals surface area contributed by atoms with Gasteiger partial charge in [0.2, 0.25) is 0 Å². The van der Waals surface area contributed by atoms with E-state index in [1.165, 1.54) is 11.1 Å². The molecule has 0 aromatic heterocycles. The van der Waals surface area contributed by atoms with E-state index in [2.05, 4.69) is 12.2 Å². The summed E-state index contributed by atoms with van der Waals surface area (Å²) in [4.78, 5) is 11.6. The Morgan fingerprint density at radius 1 is 1.31 bits per heavy atom. The van der Waals surface area contributed by atoms with Gasteiger partial charge in [0.25, 0.3) is 0 Å². The maximum Gasteiger partial charge on any atom is 0.187 e. The maximum atomic E-state index is 11.6. The van der Waals surface area contributed by atoms with Crippen molar-refractivity contribution < 1.29 is 9.53 Å². The number of hydrogen-bond donors (Lipinski definition) is 1. The first kappa shape index (κ1) is 11.1. The van der Waals surface area contributed by atoms with Crippen LogP contribution in [0.25, 0.3) is 0 Å². The number of benzene rings is 1. The van der Waals surface area contributed by atoms with Gasteiger partial charge in [-0.05, 0) is 43.7 Å². The number of rotatable bonds is 2. The molecule has 1 fully saturated rings. The summed E-state index contributed by atoms with van der Waals surface area (Å²) in [6, 6.07) is 5.94. The number of aryl methyl sites for hydroxylation is 2. The van der Waals surface area contributed by atoms with Crippen molar-refractivity contribution in [2.45, 2.75) is 26.4 Å². The highest BCUT2D eigenvalue weighted by atomic mass is 16.5. The van der Waals surface area contributed by atoms with Gasteiger partial charge in [0.1, 0.15) is 5.75 Å². The van der Waals surface area contributed by atoms with E-state index in [1.54, 1.807) is 0 Å². The molecule has 1 saturated heterocycles. The summed E-state index contributed by atoms with van der Waals surface area (Å²) in [5, 5.41) is 3.04. The predicted octanol–water partition coefficient (Wildman–Crippen LogP) is 1.61. The van der Waals surface area contributed by atoms with Crippen LogP contribution in [0.4, 0.5) is 0 Å². The zero-order chi connectivity index (χ0) is 11.5. The quantitative estimate of drug-likeness (QED) is 0.821. The SMILES string of the molecule is Cc1ccc(OC2CCNCC2=O)cc1C. The summed E-state index contributed by atoms with van der Waals surface area (Å²) >= 11 is 0. The van der Waals surface area contributed by atoms with E-state index in [4.69, 9.17) is 4.74 Å². The summed E-state index contributed by atoms with van der Waals surface area (Å²) in [7, 11) is 0. The molecule has 1 aliphatic rings. The highest BCUT2D eigenvalue weighted by Crippen LogP contribution is 2.19. The van der Waals surface area contributed by atoms with Crippen LogP contribution in [0.5, 0.6) is 5.75 Å². The van der Waals surface area contributed by atoms with Crippen LogP contribution in [0.15, 0.2) is 18.2 Å². The lowest BCUT2D eigenvalue weighted by Gasteiger charge is -2.22. The van der Waals surface area contributed by atoms with Crippen LogP contribution in [-0.4, -0.2) is 25.0 Å². The lowest BCUT2D eigenvalue weighted by atomic mass is 10.1. The van der Waals surface area contributed by atoms with Crippen molar-refractivity contribution in [1.82, 2.24) is 5.32 Å². The zero-order valence-electron chi connectivity index (χ0n) is 9.75. The highest BCUT2D eigenvalue weighted by Gasteiger charge is 2.23. The fraction of sp³-hybridized carbons (Fsp3) is 0.462. The first-order chi connectivity index (χ1) is 7.66. The van der Waals surface area contributed by atoms with Crippen molar-refractivity contribution in [3.8, 4) is 5.75 Å². The predicted molar refractivity (Wildman–Crippen MR) is 62.8 cm³/mol. The van der Waals surface area contributed by atoms with Crippen LogP contribution in [-0.2, 0) is 4.79 Å². The van der Waals surface area contributed by atoms with Gasteiger partial charge in [-0.2, -0.15) is 0 Å². The minimum absolute atomic E-state index is 0.143. The number of ether oxygens (including phenoxy) is 1. The van der Waals surface area contributed by atoms with E-state index in [0.29, 0.717) is 6.54 Å². The Balaban J connectivity index is 2.08. The summed E-state index contributed by atoms with van der Waals surface area (Å²) in [5.74, 6) is 0.938. The topological polar surface area (TPSA) is 38.3 Å². The molecule has 86 valence electrons. The molecule has 1 aliphatic heterocycles. The molecule has 1 N–H and O–H groups in total. The third-order valence-corrected chi connectivity index (χ3v) is 3.00. The fourth-order valence-electron chi connectivity index (χ4n) is 1.80. The molecular weight excluding hydrogens is 202 g/mol. The lowest BCUT2D eigenvalue weighted by molar-refractivity contribution is -0.126. The van der Waals surface area contributed by atoms with Crippen LogP contribution >= 0.6 is 0 Å². The van der Waals surface area contributed by atoms with E-state index < -0.39 is 0 Å². The van der Waals surface area contributed by atoms with Gasteiger partial charge in [0.15, 0.2) is 11.9 Å². The number of Topliss-reactive ketones (excluding diaryl/α,β-unsaturated/α-hetero) is 1. The van der Waals surface area contributed by atoms with Crippen molar-refractivity contribution >= 4 is 5.78 Å². The average Bonchev–Trinajstić information content (AvgIpc) is 2.27. The normalized spacial score (nSPS) is 20.9. The Bertz CT molecular complexity index is 401. The third kappa shape index (κ3) is 2.42. The minimum atomic E-state index is -0.275. The standard InChI is InChI=1S/C13H17NO2/c1-9-3-4-11(7-10(9)2)16-13-5-6-14-8-12(13)15/h3-4,7,13-14H,5-6,8H2,1-2H3. The van der Waals surface area contributed by atoms with Gasteiger partial charge in [-0.1, -0.05) is 6.07 Å². The summed E-state index contributed by atoms with van der Waals surface area (Å²) < 4.78 is 5.71. The molecule has 0 radical (unpaired) electrons. The molecule has 0 spiro atoms. The molecule has 0 amide bonds. The number of carbonyl (C=O) groups is 1. The molecule has 0 aliphatic carbocycles. The molecule has 16 heavy (non-hydrogen) atoms. The van der Waals surface area contributed by atoms with Crippen LogP contribution in [0.1, 0.15) is 17.5 Å². The minimum Gasteiger partial charge on any atom is -0.483 e. The number of carbonyl (C=O) groups excluding carboxylic acids is 1. The molecule has 1 atom stereocenters. The molecular formula is C13H17NO2. The van der Waals surface area contributed by atoms with E-state index in [0.717, 1.165) is 18.7 Å². The van der Waals surface area contributed by atoms with Gasteiger partial charge in [0.05, 0.1) is 6.54 Å². The number of piperidine rings is 1. The Hall–Kier alpha value is -1.35. The van der Waals surface area contributed by atoms with E-state index in [1.807, 2.05) is 25.1 Å². The maximum absolute atomic E-state index is 11.6. The van der Waals surface area contributed by atoms with Crippen molar-refractivity contribution in [3.05, 3.63) is 29.3 Å². The molecule has 3 heteroatoms. The van der Waals surface area contributed by atoms with Crippen LogP contribution < -0.4 is 10.1 Å². The smallest absolute Gasteiger partial charge is 0.187 e. The molecule has 1 aromatic rings. The van der Waals surface area contributed by atoms with Gasteiger partial charge < -0.3 is 10.1 Å². The van der Waals surface area contributed by atoms with Crippen molar-refractivity contribution in [1.29, 1.82) is 0 Å². The number of nitrogens with one attached hydrogen (secondary N) is 1. The monoisotopic (exact) mass is 219 g/mol. The van der Waals surface area contributed by atoms with E-state index >= 15 is 0 Å². The second-order valence-corrected chi connectivity index (χ2v) is 4.28. The molecule has 3 nitrogen and oxygen atoms in total. The molecule has 0 saturated carbocycles.